The fourth-order valence-electron chi connectivity index (χ4n) is 2.51. The van der Waals surface area contributed by atoms with Gasteiger partial charge < -0.3 is 5.11 Å². The van der Waals surface area contributed by atoms with E-state index in [4.69, 9.17) is 5.11 Å². The molecule has 1 aliphatic carbocycles. The summed E-state index contributed by atoms with van der Waals surface area (Å²) in [5.74, 6) is -0.589. The minimum atomic E-state index is -3.08. The van der Waals surface area contributed by atoms with Crippen LogP contribution in [0.4, 0.5) is 0 Å². The van der Waals surface area contributed by atoms with E-state index >= 15 is 0 Å². The first-order valence-electron chi connectivity index (χ1n) is 7.31. The molecule has 1 aliphatic rings. The molecule has 19 heavy (non-hydrogen) atoms. The topological polar surface area (TPSA) is 71.4 Å². The van der Waals surface area contributed by atoms with Crippen molar-refractivity contribution in [2.45, 2.75) is 64.7 Å². The van der Waals surface area contributed by atoms with Crippen LogP contribution in [-0.2, 0) is 14.6 Å². The van der Waals surface area contributed by atoms with Gasteiger partial charge in [-0.25, -0.2) is 8.42 Å². The lowest BCUT2D eigenvalue weighted by Gasteiger charge is -2.12. The van der Waals surface area contributed by atoms with Crippen LogP contribution in [0, 0.1) is 5.41 Å². The number of hydrogen-bond acceptors (Lipinski definition) is 3. The SMILES string of the molecule is CCCCCCCCS(=O)(=O)CC1(CC(=O)O)CC1. The number of rotatable bonds is 11. The monoisotopic (exact) mass is 290 g/mol. The van der Waals surface area contributed by atoms with E-state index in [9.17, 15) is 13.2 Å². The van der Waals surface area contributed by atoms with Gasteiger partial charge in [0.1, 0.15) is 0 Å². The van der Waals surface area contributed by atoms with Crippen LogP contribution in [0.5, 0.6) is 0 Å². The fraction of sp³-hybridized carbons (Fsp3) is 0.929. The molecule has 0 aromatic rings. The highest BCUT2D eigenvalue weighted by molar-refractivity contribution is 7.91. The number of carbonyl (C=O) groups is 1. The highest BCUT2D eigenvalue weighted by atomic mass is 32.2. The van der Waals surface area contributed by atoms with Gasteiger partial charge in [0.25, 0.3) is 0 Å². The second kappa shape index (κ2) is 7.27. The van der Waals surface area contributed by atoms with Crippen LogP contribution in [-0.4, -0.2) is 31.0 Å². The molecular weight excluding hydrogens is 264 g/mol. The zero-order valence-electron chi connectivity index (χ0n) is 11.9. The number of unbranched alkanes of at least 4 members (excludes halogenated alkanes) is 5. The van der Waals surface area contributed by atoms with Crippen LogP contribution in [0.2, 0.25) is 0 Å². The minimum absolute atomic E-state index is 0.00271. The molecule has 0 atom stereocenters. The molecular formula is C14H26O4S. The molecule has 112 valence electrons. The van der Waals surface area contributed by atoms with Crippen molar-refractivity contribution in [3.8, 4) is 0 Å². The molecule has 0 spiro atoms. The summed E-state index contributed by atoms with van der Waals surface area (Å²) in [6, 6.07) is 0. The van der Waals surface area contributed by atoms with Gasteiger partial charge in [0.15, 0.2) is 9.84 Å². The molecule has 1 rings (SSSR count). The summed E-state index contributed by atoms with van der Waals surface area (Å²) >= 11 is 0. The third-order valence-electron chi connectivity index (χ3n) is 3.82. The van der Waals surface area contributed by atoms with Crippen LogP contribution in [0.25, 0.3) is 0 Å². The third kappa shape index (κ3) is 6.95. The maximum absolute atomic E-state index is 12.0. The van der Waals surface area contributed by atoms with E-state index < -0.39 is 21.2 Å². The minimum Gasteiger partial charge on any atom is -0.481 e. The predicted molar refractivity (Wildman–Crippen MR) is 75.9 cm³/mol. The van der Waals surface area contributed by atoms with Crippen molar-refractivity contribution in [1.29, 1.82) is 0 Å². The van der Waals surface area contributed by atoms with Crippen molar-refractivity contribution >= 4 is 15.8 Å². The van der Waals surface area contributed by atoms with Gasteiger partial charge in [-0.1, -0.05) is 39.0 Å². The first kappa shape index (κ1) is 16.5. The van der Waals surface area contributed by atoms with Crippen LogP contribution in [0.15, 0.2) is 0 Å². The smallest absolute Gasteiger partial charge is 0.303 e. The van der Waals surface area contributed by atoms with E-state index in [1.165, 1.54) is 19.3 Å². The zero-order chi connectivity index (χ0) is 14.4. The van der Waals surface area contributed by atoms with Crippen molar-refractivity contribution in [3.05, 3.63) is 0 Å². The largest absolute Gasteiger partial charge is 0.481 e. The number of hydrogen-bond donors (Lipinski definition) is 1. The molecule has 1 saturated carbocycles. The number of sulfone groups is 1. The molecule has 5 heteroatoms. The molecule has 0 bridgehead atoms. The van der Waals surface area contributed by atoms with Gasteiger partial charge in [-0.15, -0.1) is 0 Å². The molecule has 0 saturated heterocycles. The van der Waals surface area contributed by atoms with Crippen LogP contribution in [0.3, 0.4) is 0 Å². The Balaban J connectivity index is 2.23. The second-order valence-corrected chi connectivity index (χ2v) is 8.11. The first-order valence-corrected chi connectivity index (χ1v) is 9.13. The summed E-state index contributed by atoms with van der Waals surface area (Å²) in [5, 5.41) is 8.79. The molecule has 0 aromatic heterocycles. The summed E-state index contributed by atoms with van der Waals surface area (Å²) in [6.07, 6.45) is 7.86. The Morgan fingerprint density at radius 3 is 2.21 bits per heavy atom. The normalized spacial score (nSPS) is 17.3. The molecule has 1 N–H and O–H groups in total. The first-order chi connectivity index (χ1) is 8.89. The van der Waals surface area contributed by atoms with E-state index in [-0.39, 0.29) is 17.9 Å². The quantitative estimate of drug-likeness (QED) is 0.594. The average Bonchev–Trinajstić information content (AvgIpc) is 3.00. The summed E-state index contributed by atoms with van der Waals surface area (Å²) in [6.45, 7) is 2.15. The molecule has 0 aromatic carbocycles. The Hall–Kier alpha value is -0.580. The third-order valence-corrected chi connectivity index (χ3v) is 5.78. The molecule has 0 heterocycles. The van der Waals surface area contributed by atoms with E-state index in [2.05, 4.69) is 6.92 Å². The van der Waals surface area contributed by atoms with Crippen LogP contribution >= 0.6 is 0 Å². The van der Waals surface area contributed by atoms with Crippen LogP contribution in [0.1, 0.15) is 64.7 Å². The van der Waals surface area contributed by atoms with Gasteiger partial charge >= 0.3 is 5.97 Å². The van der Waals surface area contributed by atoms with Gasteiger partial charge in [0.2, 0.25) is 0 Å². The summed E-state index contributed by atoms with van der Waals surface area (Å²) in [4.78, 5) is 10.7. The molecule has 4 nitrogen and oxygen atoms in total. The Labute approximate surface area is 116 Å². The van der Waals surface area contributed by atoms with Crippen molar-refractivity contribution in [1.82, 2.24) is 0 Å². The molecule has 0 unspecified atom stereocenters. The summed E-state index contributed by atoms with van der Waals surface area (Å²) < 4.78 is 23.9. The lowest BCUT2D eigenvalue weighted by atomic mass is 10.1. The van der Waals surface area contributed by atoms with E-state index in [0.717, 1.165) is 32.1 Å². The zero-order valence-corrected chi connectivity index (χ0v) is 12.7. The number of carboxylic acid groups (broad SMARTS) is 1. The van der Waals surface area contributed by atoms with Crippen molar-refractivity contribution in [3.63, 3.8) is 0 Å². The van der Waals surface area contributed by atoms with E-state index in [0.29, 0.717) is 0 Å². The average molecular weight is 290 g/mol. The molecule has 0 aliphatic heterocycles. The van der Waals surface area contributed by atoms with Crippen molar-refractivity contribution in [2.75, 3.05) is 11.5 Å². The fourth-order valence-corrected chi connectivity index (χ4v) is 4.62. The summed E-state index contributed by atoms with van der Waals surface area (Å²) in [7, 11) is -3.08. The standard InChI is InChI=1S/C14H26O4S/c1-2-3-4-5-6-7-10-19(17,18)12-14(8-9-14)11-13(15)16/h2-12H2,1H3,(H,15,16). The highest BCUT2D eigenvalue weighted by Gasteiger charge is 2.47. The lowest BCUT2D eigenvalue weighted by molar-refractivity contribution is -0.138. The summed E-state index contributed by atoms with van der Waals surface area (Å²) in [5.41, 5.74) is -0.438. The molecule has 1 fully saturated rings. The van der Waals surface area contributed by atoms with E-state index in [1.54, 1.807) is 0 Å². The van der Waals surface area contributed by atoms with Gasteiger partial charge in [0, 0.05) is 0 Å². The Bertz CT molecular complexity index is 382. The number of aliphatic carboxylic acids is 1. The highest BCUT2D eigenvalue weighted by Crippen LogP contribution is 2.49. The maximum Gasteiger partial charge on any atom is 0.303 e. The van der Waals surface area contributed by atoms with E-state index in [1.807, 2.05) is 0 Å². The van der Waals surface area contributed by atoms with Gasteiger partial charge in [-0.3, -0.25) is 4.79 Å². The maximum atomic E-state index is 12.0. The Morgan fingerprint density at radius 2 is 1.68 bits per heavy atom. The molecule has 0 amide bonds. The Morgan fingerprint density at radius 1 is 1.11 bits per heavy atom. The predicted octanol–water partition coefficient (Wildman–Crippen LogP) is 3.02. The van der Waals surface area contributed by atoms with Crippen LogP contribution < -0.4 is 0 Å². The lowest BCUT2D eigenvalue weighted by Crippen LogP contribution is -2.22. The van der Waals surface area contributed by atoms with Gasteiger partial charge in [0.05, 0.1) is 17.9 Å². The van der Waals surface area contributed by atoms with Crippen molar-refractivity contribution in [2.24, 2.45) is 5.41 Å². The van der Waals surface area contributed by atoms with Crippen molar-refractivity contribution < 1.29 is 18.3 Å². The van der Waals surface area contributed by atoms with Gasteiger partial charge in [-0.2, -0.15) is 0 Å². The Kier molecular flexibility index (Phi) is 6.30. The van der Waals surface area contributed by atoms with Gasteiger partial charge in [-0.05, 0) is 24.7 Å². The number of carboxylic acids is 1. The molecule has 0 radical (unpaired) electrons. The second-order valence-electron chi connectivity index (χ2n) is 5.93.